The molecule has 2 fully saturated rings. The Bertz CT molecular complexity index is 903. The molecule has 2 aromatic rings. The molecule has 0 bridgehead atoms. The highest BCUT2D eigenvalue weighted by atomic mass is 19.1. The predicted molar refractivity (Wildman–Crippen MR) is 131 cm³/mol. The molecule has 2 aromatic heterocycles. The molecular formula is C25H37FN6O2. The van der Waals surface area contributed by atoms with Crippen LogP contribution in [0.2, 0.25) is 0 Å². The van der Waals surface area contributed by atoms with E-state index in [4.69, 9.17) is 9.47 Å². The monoisotopic (exact) mass is 472 g/mol. The number of hydrogen-bond donors (Lipinski definition) is 3. The number of hydrogen-bond acceptors (Lipinski definition) is 8. The molecule has 9 heteroatoms. The fraction of sp³-hybridized carbons (Fsp3) is 0.640. The molecule has 3 N–H and O–H groups in total. The molecule has 8 nitrogen and oxygen atoms in total. The standard InChI is InChI=1S/C25H37FN6O2/c1-17(16-33-2)30-20-3-5-21(6-4-20)31-24-12-22(23(26)15-28-24)19-11-25(32-29-14-19)27-13-18-7-9-34-10-8-18/h11-12,14-15,17-18,20-21,30H,3-10,13,16H2,1-2H3,(H,27,32)(H,28,31)/t17-,20?,21?/m0/s1. The van der Waals surface area contributed by atoms with E-state index in [1.54, 1.807) is 19.4 Å². The molecule has 0 aromatic carbocycles. The molecule has 1 aliphatic heterocycles. The SMILES string of the molecule is COC[C@H](C)NC1CCC(Nc2cc(-c3cnnc(NCC4CCOCC4)c3)c(F)cn2)CC1. The highest BCUT2D eigenvalue weighted by molar-refractivity contribution is 5.68. The van der Waals surface area contributed by atoms with Crippen molar-refractivity contribution in [3.63, 3.8) is 0 Å². The average molecular weight is 473 g/mol. The van der Waals surface area contributed by atoms with Gasteiger partial charge in [0.15, 0.2) is 0 Å². The maximum Gasteiger partial charge on any atom is 0.149 e. The molecule has 0 amide bonds. The second-order valence-corrected chi connectivity index (χ2v) is 9.53. The molecule has 1 saturated heterocycles. The minimum atomic E-state index is -0.367. The summed E-state index contributed by atoms with van der Waals surface area (Å²) in [5.74, 6) is 1.53. The van der Waals surface area contributed by atoms with Gasteiger partial charge in [-0.25, -0.2) is 9.37 Å². The lowest BCUT2D eigenvalue weighted by molar-refractivity contribution is 0.0699. The average Bonchev–Trinajstić information content (AvgIpc) is 2.86. The van der Waals surface area contributed by atoms with Crippen molar-refractivity contribution in [3.8, 4) is 11.1 Å². The summed E-state index contributed by atoms with van der Waals surface area (Å²) in [6, 6.07) is 4.82. The lowest BCUT2D eigenvalue weighted by Gasteiger charge is -2.31. The van der Waals surface area contributed by atoms with E-state index in [0.717, 1.165) is 64.9 Å². The van der Waals surface area contributed by atoms with E-state index in [1.165, 1.54) is 6.20 Å². The molecule has 3 heterocycles. The molecule has 1 atom stereocenters. The van der Waals surface area contributed by atoms with Crippen LogP contribution in [-0.2, 0) is 9.47 Å². The zero-order chi connectivity index (χ0) is 23.8. The van der Waals surface area contributed by atoms with Crippen molar-refractivity contribution >= 4 is 11.6 Å². The Kier molecular flexibility index (Phi) is 9.01. The quantitative estimate of drug-likeness (QED) is 0.480. The molecule has 186 valence electrons. The first-order valence-corrected chi connectivity index (χ1v) is 12.4. The lowest BCUT2D eigenvalue weighted by atomic mass is 9.90. The predicted octanol–water partition coefficient (Wildman–Crippen LogP) is 3.86. The van der Waals surface area contributed by atoms with E-state index >= 15 is 0 Å². The molecule has 1 saturated carbocycles. The zero-order valence-electron chi connectivity index (χ0n) is 20.2. The van der Waals surface area contributed by atoms with Crippen LogP contribution in [-0.4, -0.2) is 66.8 Å². The van der Waals surface area contributed by atoms with Gasteiger partial charge < -0.3 is 25.4 Å². The van der Waals surface area contributed by atoms with Crippen molar-refractivity contribution in [1.82, 2.24) is 20.5 Å². The first-order valence-electron chi connectivity index (χ1n) is 12.4. The molecule has 1 aliphatic carbocycles. The summed E-state index contributed by atoms with van der Waals surface area (Å²) >= 11 is 0. The van der Waals surface area contributed by atoms with E-state index in [0.29, 0.717) is 46.8 Å². The van der Waals surface area contributed by atoms with Gasteiger partial charge in [0.25, 0.3) is 0 Å². The lowest BCUT2D eigenvalue weighted by Crippen LogP contribution is -2.42. The van der Waals surface area contributed by atoms with Gasteiger partial charge in [-0.1, -0.05) is 0 Å². The highest BCUT2D eigenvalue weighted by Crippen LogP contribution is 2.28. The van der Waals surface area contributed by atoms with Gasteiger partial charge in [0.05, 0.1) is 19.0 Å². The van der Waals surface area contributed by atoms with Crippen LogP contribution in [0.4, 0.5) is 16.0 Å². The van der Waals surface area contributed by atoms with E-state index in [1.807, 2.05) is 6.07 Å². The summed E-state index contributed by atoms with van der Waals surface area (Å²) in [6.07, 6.45) is 9.24. The number of aromatic nitrogens is 3. The van der Waals surface area contributed by atoms with Gasteiger partial charge in [-0.05, 0) is 63.5 Å². The van der Waals surface area contributed by atoms with Gasteiger partial charge >= 0.3 is 0 Å². The van der Waals surface area contributed by atoms with E-state index in [9.17, 15) is 4.39 Å². The van der Waals surface area contributed by atoms with Crippen LogP contribution in [0.15, 0.2) is 24.5 Å². The van der Waals surface area contributed by atoms with E-state index < -0.39 is 0 Å². The number of rotatable bonds is 10. The summed E-state index contributed by atoms with van der Waals surface area (Å²) in [5, 5.41) is 18.8. The molecular weight excluding hydrogens is 435 g/mol. The number of nitrogens with zero attached hydrogens (tertiary/aromatic N) is 3. The maximum absolute atomic E-state index is 14.7. The fourth-order valence-corrected chi connectivity index (χ4v) is 4.85. The first kappa shape index (κ1) is 24.8. The molecule has 4 rings (SSSR count). The first-order chi connectivity index (χ1) is 16.6. The number of pyridine rings is 1. The Labute approximate surface area is 201 Å². The Hall–Kier alpha value is -2.36. The number of halogens is 1. The minimum absolute atomic E-state index is 0.328. The van der Waals surface area contributed by atoms with Gasteiger partial charge in [0, 0.05) is 56.1 Å². The van der Waals surface area contributed by atoms with Crippen molar-refractivity contribution in [1.29, 1.82) is 0 Å². The Morgan fingerprint density at radius 3 is 2.59 bits per heavy atom. The molecule has 0 spiro atoms. The molecule has 34 heavy (non-hydrogen) atoms. The van der Waals surface area contributed by atoms with Crippen LogP contribution >= 0.6 is 0 Å². The summed E-state index contributed by atoms with van der Waals surface area (Å²) in [5.41, 5.74) is 1.16. The van der Waals surface area contributed by atoms with Crippen molar-refractivity contribution in [2.75, 3.05) is 44.1 Å². The van der Waals surface area contributed by atoms with Crippen molar-refractivity contribution in [2.24, 2.45) is 5.92 Å². The maximum atomic E-state index is 14.7. The Morgan fingerprint density at radius 1 is 1.06 bits per heavy atom. The summed E-state index contributed by atoms with van der Waals surface area (Å²) in [6.45, 7) is 5.30. The van der Waals surface area contributed by atoms with Crippen LogP contribution in [0.25, 0.3) is 11.1 Å². The molecule has 2 aliphatic rings. The van der Waals surface area contributed by atoms with Gasteiger partial charge in [0.2, 0.25) is 0 Å². The van der Waals surface area contributed by atoms with Crippen molar-refractivity contribution < 1.29 is 13.9 Å². The third-order valence-corrected chi connectivity index (χ3v) is 6.75. The molecule has 0 radical (unpaired) electrons. The van der Waals surface area contributed by atoms with Gasteiger partial charge in [-0.3, -0.25) is 0 Å². The zero-order valence-corrected chi connectivity index (χ0v) is 20.2. The second kappa shape index (κ2) is 12.4. The topological polar surface area (TPSA) is 93.2 Å². The van der Waals surface area contributed by atoms with Crippen LogP contribution in [0.1, 0.15) is 45.4 Å². The Balaban J connectivity index is 1.34. The second-order valence-electron chi connectivity index (χ2n) is 9.53. The number of anilines is 2. The van der Waals surface area contributed by atoms with Crippen molar-refractivity contribution in [2.45, 2.75) is 63.6 Å². The van der Waals surface area contributed by atoms with Crippen LogP contribution in [0.3, 0.4) is 0 Å². The van der Waals surface area contributed by atoms with Gasteiger partial charge in [0.1, 0.15) is 17.5 Å². The van der Waals surface area contributed by atoms with Crippen LogP contribution < -0.4 is 16.0 Å². The Morgan fingerprint density at radius 2 is 1.82 bits per heavy atom. The number of methoxy groups -OCH3 is 1. The van der Waals surface area contributed by atoms with E-state index in [-0.39, 0.29) is 5.82 Å². The normalized spacial score (nSPS) is 22.3. The highest BCUT2D eigenvalue weighted by Gasteiger charge is 2.23. The summed E-state index contributed by atoms with van der Waals surface area (Å²) in [7, 11) is 1.73. The number of ether oxygens (including phenoxy) is 2. The third kappa shape index (κ3) is 7.07. The van der Waals surface area contributed by atoms with Gasteiger partial charge in [-0.2, -0.15) is 5.10 Å². The van der Waals surface area contributed by atoms with Gasteiger partial charge in [-0.15, -0.1) is 5.10 Å². The third-order valence-electron chi connectivity index (χ3n) is 6.75. The fourth-order valence-electron chi connectivity index (χ4n) is 4.85. The largest absolute Gasteiger partial charge is 0.383 e. The van der Waals surface area contributed by atoms with E-state index in [2.05, 4.69) is 38.1 Å². The summed E-state index contributed by atoms with van der Waals surface area (Å²) < 4.78 is 25.3. The van der Waals surface area contributed by atoms with Crippen LogP contribution in [0.5, 0.6) is 0 Å². The number of nitrogens with one attached hydrogen (secondary N) is 3. The minimum Gasteiger partial charge on any atom is -0.383 e. The van der Waals surface area contributed by atoms with Crippen LogP contribution in [0, 0.1) is 11.7 Å². The van der Waals surface area contributed by atoms with Crippen molar-refractivity contribution in [3.05, 3.63) is 30.3 Å². The smallest absolute Gasteiger partial charge is 0.149 e. The summed E-state index contributed by atoms with van der Waals surface area (Å²) in [4.78, 5) is 4.29. The molecule has 0 unspecified atom stereocenters.